The molecule has 104 valence electrons. The van der Waals surface area contributed by atoms with Gasteiger partial charge in [-0.15, -0.1) is 11.3 Å². The van der Waals surface area contributed by atoms with E-state index in [0.717, 1.165) is 24.1 Å². The van der Waals surface area contributed by atoms with Gasteiger partial charge in [-0.1, -0.05) is 29.8 Å². The molecule has 0 atom stereocenters. The smallest absolute Gasteiger partial charge is 0.266 e. The number of thiophene rings is 1. The number of nitrogens with zero attached hydrogens (tertiary/aromatic N) is 1. The molecule has 1 aromatic carbocycles. The van der Waals surface area contributed by atoms with Gasteiger partial charge in [0.15, 0.2) is 0 Å². The Labute approximate surface area is 127 Å². The van der Waals surface area contributed by atoms with Gasteiger partial charge < -0.3 is 10.6 Å². The van der Waals surface area contributed by atoms with Crippen LogP contribution in [0.5, 0.6) is 0 Å². The van der Waals surface area contributed by atoms with Gasteiger partial charge in [-0.05, 0) is 35.9 Å². The van der Waals surface area contributed by atoms with E-state index in [-0.39, 0.29) is 5.91 Å². The first-order valence-electron chi connectivity index (χ1n) is 6.54. The topological polar surface area (TPSA) is 46.3 Å². The second-order valence-corrected chi connectivity index (χ2v) is 6.28. The molecule has 0 radical (unpaired) electrons. The molecule has 1 aliphatic rings. The van der Waals surface area contributed by atoms with Gasteiger partial charge in [0.2, 0.25) is 0 Å². The molecule has 20 heavy (non-hydrogen) atoms. The van der Waals surface area contributed by atoms with Gasteiger partial charge in [-0.2, -0.15) is 0 Å². The van der Waals surface area contributed by atoms with Crippen molar-refractivity contribution >= 4 is 34.5 Å². The number of rotatable bonds is 4. The number of hydrogen-bond donors (Lipinski definition) is 1. The van der Waals surface area contributed by atoms with Crippen molar-refractivity contribution in [1.29, 1.82) is 0 Å². The Morgan fingerprint density at radius 3 is 2.70 bits per heavy atom. The summed E-state index contributed by atoms with van der Waals surface area (Å²) in [6.45, 7) is 0.546. The zero-order valence-corrected chi connectivity index (χ0v) is 12.5. The van der Waals surface area contributed by atoms with Gasteiger partial charge in [-0.3, -0.25) is 4.79 Å². The molecule has 0 spiro atoms. The summed E-state index contributed by atoms with van der Waals surface area (Å²) in [7, 11) is 0. The summed E-state index contributed by atoms with van der Waals surface area (Å²) in [6.07, 6.45) is 2.11. The molecule has 1 fully saturated rings. The van der Waals surface area contributed by atoms with E-state index in [1.165, 1.54) is 11.3 Å². The number of hydrogen-bond acceptors (Lipinski definition) is 3. The quantitative estimate of drug-likeness (QED) is 0.874. The minimum Gasteiger partial charge on any atom is -0.398 e. The minimum atomic E-state index is 0.00996. The molecule has 1 saturated carbocycles. The molecule has 1 amide bonds. The molecule has 1 aliphatic carbocycles. The van der Waals surface area contributed by atoms with Crippen LogP contribution < -0.4 is 5.73 Å². The van der Waals surface area contributed by atoms with Gasteiger partial charge >= 0.3 is 0 Å². The molecule has 3 nitrogen and oxygen atoms in total. The van der Waals surface area contributed by atoms with E-state index in [1.54, 1.807) is 6.07 Å². The fourth-order valence-electron chi connectivity index (χ4n) is 2.19. The minimum absolute atomic E-state index is 0.00996. The number of amides is 1. The Bertz CT molecular complexity index is 636. The van der Waals surface area contributed by atoms with Crippen LogP contribution in [0.3, 0.4) is 0 Å². The van der Waals surface area contributed by atoms with Crippen molar-refractivity contribution in [1.82, 2.24) is 4.90 Å². The highest BCUT2D eigenvalue weighted by atomic mass is 35.5. The molecular weight excluding hydrogens is 292 g/mol. The number of carbonyl (C=O) groups is 1. The normalized spacial score (nSPS) is 14.2. The molecule has 5 heteroatoms. The maximum atomic E-state index is 12.6. The molecule has 0 unspecified atom stereocenters. The average Bonchev–Trinajstić information content (AvgIpc) is 3.19. The van der Waals surface area contributed by atoms with Crippen LogP contribution in [0, 0.1) is 0 Å². The van der Waals surface area contributed by atoms with Crippen LogP contribution in [0.1, 0.15) is 28.1 Å². The van der Waals surface area contributed by atoms with Gasteiger partial charge in [0, 0.05) is 18.3 Å². The highest BCUT2D eigenvalue weighted by Gasteiger charge is 2.34. The summed E-state index contributed by atoms with van der Waals surface area (Å²) in [5.74, 6) is 0.00996. The van der Waals surface area contributed by atoms with Crippen LogP contribution >= 0.6 is 22.9 Å². The van der Waals surface area contributed by atoms with Crippen molar-refractivity contribution < 1.29 is 4.79 Å². The van der Waals surface area contributed by atoms with Gasteiger partial charge in [0.25, 0.3) is 5.91 Å². The van der Waals surface area contributed by atoms with Crippen LogP contribution in [-0.4, -0.2) is 16.8 Å². The number of benzene rings is 1. The van der Waals surface area contributed by atoms with Crippen LogP contribution in [-0.2, 0) is 6.54 Å². The number of anilines is 1. The predicted molar refractivity (Wildman–Crippen MR) is 83.1 cm³/mol. The van der Waals surface area contributed by atoms with E-state index in [2.05, 4.69) is 0 Å². The summed E-state index contributed by atoms with van der Waals surface area (Å²) < 4.78 is 0. The second kappa shape index (κ2) is 5.46. The second-order valence-electron chi connectivity index (χ2n) is 4.96. The third kappa shape index (κ3) is 2.67. The average molecular weight is 307 g/mol. The lowest BCUT2D eigenvalue weighted by Gasteiger charge is -2.23. The van der Waals surface area contributed by atoms with E-state index in [1.807, 2.05) is 34.5 Å². The number of nitrogen functional groups attached to an aromatic ring is 1. The number of halogens is 1. The van der Waals surface area contributed by atoms with Crippen molar-refractivity contribution in [3.63, 3.8) is 0 Å². The van der Waals surface area contributed by atoms with E-state index < -0.39 is 0 Å². The van der Waals surface area contributed by atoms with Crippen LogP contribution in [0.15, 0.2) is 35.7 Å². The monoisotopic (exact) mass is 306 g/mol. The Kier molecular flexibility index (Phi) is 3.68. The fraction of sp³-hybridized carbons (Fsp3) is 0.267. The lowest BCUT2D eigenvalue weighted by Crippen LogP contribution is -2.32. The first kappa shape index (κ1) is 13.5. The largest absolute Gasteiger partial charge is 0.398 e. The maximum absolute atomic E-state index is 12.6. The summed E-state index contributed by atoms with van der Waals surface area (Å²) in [6, 6.07) is 9.76. The SMILES string of the molecule is Nc1ccccc1CN(C(=O)c1sccc1Cl)C1CC1. The molecular formula is C15H15ClN2OS. The molecule has 2 aromatic rings. The summed E-state index contributed by atoms with van der Waals surface area (Å²) >= 11 is 7.47. The van der Waals surface area contributed by atoms with Crippen LogP contribution in [0.25, 0.3) is 0 Å². The first-order chi connectivity index (χ1) is 9.66. The fourth-order valence-corrected chi connectivity index (χ4v) is 3.28. The Morgan fingerprint density at radius 2 is 2.10 bits per heavy atom. The van der Waals surface area contributed by atoms with Crippen molar-refractivity contribution in [3.8, 4) is 0 Å². The lowest BCUT2D eigenvalue weighted by molar-refractivity contribution is 0.0735. The Morgan fingerprint density at radius 1 is 1.35 bits per heavy atom. The van der Waals surface area contributed by atoms with Crippen molar-refractivity contribution in [2.24, 2.45) is 0 Å². The number of para-hydroxylation sites is 1. The zero-order chi connectivity index (χ0) is 14.1. The highest BCUT2D eigenvalue weighted by molar-refractivity contribution is 7.12. The third-order valence-electron chi connectivity index (χ3n) is 3.46. The summed E-state index contributed by atoms with van der Waals surface area (Å²) in [5.41, 5.74) is 7.69. The predicted octanol–water partition coefficient (Wildman–Crippen LogP) is 3.79. The number of nitrogens with two attached hydrogens (primary N) is 1. The molecule has 0 saturated heterocycles. The Balaban J connectivity index is 1.85. The third-order valence-corrected chi connectivity index (χ3v) is 4.79. The molecule has 2 N–H and O–H groups in total. The summed E-state index contributed by atoms with van der Waals surface area (Å²) in [4.78, 5) is 15.1. The van der Waals surface area contributed by atoms with E-state index in [0.29, 0.717) is 22.5 Å². The maximum Gasteiger partial charge on any atom is 0.266 e. The van der Waals surface area contributed by atoms with Crippen molar-refractivity contribution in [3.05, 3.63) is 51.2 Å². The molecule has 1 heterocycles. The molecule has 3 rings (SSSR count). The Hall–Kier alpha value is -1.52. The zero-order valence-electron chi connectivity index (χ0n) is 10.9. The molecule has 0 bridgehead atoms. The number of carbonyl (C=O) groups excluding carboxylic acids is 1. The van der Waals surface area contributed by atoms with Crippen molar-refractivity contribution in [2.75, 3.05) is 5.73 Å². The van der Waals surface area contributed by atoms with E-state index in [9.17, 15) is 4.79 Å². The van der Waals surface area contributed by atoms with Crippen molar-refractivity contribution in [2.45, 2.75) is 25.4 Å². The van der Waals surface area contributed by atoms with Gasteiger partial charge in [0.05, 0.1) is 5.02 Å². The van der Waals surface area contributed by atoms with Crippen LogP contribution in [0.4, 0.5) is 5.69 Å². The van der Waals surface area contributed by atoms with Crippen LogP contribution in [0.2, 0.25) is 5.02 Å². The van der Waals surface area contributed by atoms with Gasteiger partial charge in [-0.25, -0.2) is 0 Å². The molecule has 0 aliphatic heterocycles. The van der Waals surface area contributed by atoms with E-state index >= 15 is 0 Å². The van der Waals surface area contributed by atoms with Gasteiger partial charge in [0.1, 0.15) is 4.88 Å². The lowest BCUT2D eigenvalue weighted by atomic mass is 10.1. The highest BCUT2D eigenvalue weighted by Crippen LogP contribution is 2.33. The standard InChI is InChI=1S/C15H15ClN2OS/c16-12-7-8-20-14(12)15(19)18(11-5-6-11)9-10-3-1-2-4-13(10)17/h1-4,7-8,11H,5-6,9,17H2. The summed E-state index contributed by atoms with van der Waals surface area (Å²) in [5, 5.41) is 2.38. The molecule has 1 aromatic heterocycles. The first-order valence-corrected chi connectivity index (χ1v) is 7.80. The van der Waals surface area contributed by atoms with E-state index in [4.69, 9.17) is 17.3 Å².